The largest absolute Gasteiger partial charge is 0.493 e. The molecule has 13 heteroatoms. The average Bonchev–Trinajstić information content (AvgIpc) is 3.45. The Morgan fingerprint density at radius 2 is 1.82 bits per heavy atom. The number of amides is 1. The summed E-state index contributed by atoms with van der Waals surface area (Å²) in [7, 11) is 4.27. The van der Waals surface area contributed by atoms with Gasteiger partial charge in [0.15, 0.2) is 23.1 Å². The molecule has 3 aromatic carbocycles. The van der Waals surface area contributed by atoms with Crippen LogP contribution in [-0.2, 0) is 24.1 Å². The minimum atomic E-state index is -4.73. The molecule has 0 radical (unpaired) electrons. The Bertz CT molecular complexity index is 1480. The SMILES string of the molecule is COc1cc(-c2cc(C(F)(F)F)cc(N(C)Cc3ccc(Cl)cc3)c2N(C)C=O)cc(F)c1OCc1nnc[nH]1. The molecule has 1 heterocycles. The van der Waals surface area contributed by atoms with E-state index in [9.17, 15) is 18.0 Å². The third-order valence-electron chi connectivity index (χ3n) is 6.03. The summed E-state index contributed by atoms with van der Waals surface area (Å²) < 4.78 is 68.4. The van der Waals surface area contributed by atoms with Gasteiger partial charge < -0.3 is 24.3 Å². The number of alkyl halides is 3. The summed E-state index contributed by atoms with van der Waals surface area (Å²) in [6.07, 6.45) is -2.94. The molecule has 0 aliphatic rings. The summed E-state index contributed by atoms with van der Waals surface area (Å²) in [6.45, 7) is 0.0403. The first-order chi connectivity index (χ1) is 19.0. The van der Waals surface area contributed by atoms with E-state index in [0.717, 1.165) is 28.7 Å². The normalized spacial score (nSPS) is 11.3. The number of aromatic nitrogens is 3. The molecule has 4 aromatic rings. The fraction of sp³-hybridized carbons (Fsp3) is 0.222. The molecule has 1 aromatic heterocycles. The number of benzene rings is 3. The molecular weight excluding hydrogens is 554 g/mol. The summed E-state index contributed by atoms with van der Waals surface area (Å²) in [5.74, 6) is -0.892. The van der Waals surface area contributed by atoms with E-state index in [1.807, 2.05) is 0 Å². The summed E-state index contributed by atoms with van der Waals surface area (Å²) >= 11 is 5.96. The van der Waals surface area contributed by atoms with Crippen molar-refractivity contribution in [2.45, 2.75) is 19.3 Å². The van der Waals surface area contributed by atoms with Gasteiger partial charge in [0.25, 0.3) is 0 Å². The number of nitrogens with one attached hydrogen (secondary N) is 1. The number of ether oxygens (including phenoxy) is 2. The molecule has 0 saturated heterocycles. The molecule has 0 aliphatic carbocycles. The van der Waals surface area contributed by atoms with Crippen LogP contribution >= 0.6 is 11.6 Å². The number of rotatable bonds is 10. The van der Waals surface area contributed by atoms with E-state index in [1.54, 1.807) is 36.2 Å². The molecule has 0 fully saturated rings. The highest BCUT2D eigenvalue weighted by molar-refractivity contribution is 6.30. The molecule has 0 bridgehead atoms. The number of anilines is 2. The van der Waals surface area contributed by atoms with Crippen molar-refractivity contribution in [2.75, 3.05) is 31.0 Å². The number of hydrogen-bond acceptors (Lipinski definition) is 6. The molecule has 0 spiro atoms. The number of H-pyrrole nitrogens is 1. The van der Waals surface area contributed by atoms with Crippen LogP contribution in [0, 0.1) is 5.82 Å². The third kappa shape index (κ3) is 6.28. The summed E-state index contributed by atoms with van der Waals surface area (Å²) in [5.41, 5.74) is 0.0226. The van der Waals surface area contributed by atoms with Gasteiger partial charge in [0.1, 0.15) is 12.9 Å². The number of halogens is 5. The van der Waals surface area contributed by atoms with Crippen LogP contribution in [-0.4, -0.2) is 42.8 Å². The van der Waals surface area contributed by atoms with Gasteiger partial charge in [0.05, 0.1) is 24.0 Å². The Morgan fingerprint density at radius 3 is 2.42 bits per heavy atom. The van der Waals surface area contributed by atoms with Crippen molar-refractivity contribution >= 4 is 29.4 Å². The molecule has 0 unspecified atom stereocenters. The van der Waals surface area contributed by atoms with Gasteiger partial charge in [-0.15, -0.1) is 10.2 Å². The van der Waals surface area contributed by atoms with E-state index >= 15 is 4.39 Å². The van der Waals surface area contributed by atoms with Gasteiger partial charge in [-0.3, -0.25) is 4.79 Å². The van der Waals surface area contributed by atoms with E-state index in [0.29, 0.717) is 17.3 Å². The van der Waals surface area contributed by atoms with E-state index < -0.39 is 17.6 Å². The average molecular weight is 578 g/mol. The monoisotopic (exact) mass is 577 g/mol. The first-order valence-corrected chi connectivity index (χ1v) is 12.1. The van der Waals surface area contributed by atoms with E-state index in [1.165, 1.54) is 26.6 Å². The van der Waals surface area contributed by atoms with Crippen molar-refractivity contribution in [3.8, 4) is 22.6 Å². The molecule has 4 rings (SSSR count). The first kappa shape index (κ1) is 28.7. The molecule has 0 aliphatic heterocycles. The van der Waals surface area contributed by atoms with Gasteiger partial charge >= 0.3 is 6.18 Å². The number of nitrogens with zero attached hydrogens (tertiary/aromatic N) is 4. The Kier molecular flexibility index (Phi) is 8.48. The maximum Gasteiger partial charge on any atom is 0.416 e. The Hall–Kier alpha value is -4.32. The van der Waals surface area contributed by atoms with Gasteiger partial charge in [0.2, 0.25) is 6.41 Å². The van der Waals surface area contributed by atoms with Crippen LogP contribution in [0.3, 0.4) is 0 Å². The quantitative estimate of drug-likeness (QED) is 0.181. The Labute approximate surface area is 232 Å². The zero-order valence-corrected chi connectivity index (χ0v) is 22.3. The summed E-state index contributed by atoms with van der Waals surface area (Å²) in [4.78, 5) is 17.3. The first-order valence-electron chi connectivity index (χ1n) is 11.8. The molecule has 1 amide bonds. The van der Waals surface area contributed by atoms with Gasteiger partial charge in [-0.25, -0.2) is 4.39 Å². The van der Waals surface area contributed by atoms with E-state index in [2.05, 4.69) is 15.2 Å². The molecule has 40 heavy (non-hydrogen) atoms. The molecule has 0 atom stereocenters. The lowest BCUT2D eigenvalue weighted by atomic mass is 9.97. The molecule has 0 saturated carbocycles. The smallest absolute Gasteiger partial charge is 0.416 e. The molecular formula is C27H24ClF4N5O3. The fourth-order valence-corrected chi connectivity index (χ4v) is 4.25. The van der Waals surface area contributed by atoms with Crippen LogP contribution in [0.2, 0.25) is 5.02 Å². The lowest BCUT2D eigenvalue weighted by molar-refractivity contribution is -0.137. The predicted molar refractivity (Wildman–Crippen MR) is 142 cm³/mol. The number of methoxy groups -OCH3 is 1. The molecule has 8 nitrogen and oxygen atoms in total. The summed E-state index contributed by atoms with van der Waals surface area (Å²) in [6, 6.07) is 11.0. The summed E-state index contributed by atoms with van der Waals surface area (Å²) in [5, 5.41) is 7.90. The fourth-order valence-electron chi connectivity index (χ4n) is 4.12. The zero-order chi connectivity index (χ0) is 29.0. The van der Waals surface area contributed by atoms with Crippen molar-refractivity contribution in [1.82, 2.24) is 15.2 Å². The highest BCUT2D eigenvalue weighted by Gasteiger charge is 2.34. The lowest BCUT2D eigenvalue weighted by Gasteiger charge is -2.29. The zero-order valence-electron chi connectivity index (χ0n) is 21.6. The highest BCUT2D eigenvalue weighted by atomic mass is 35.5. The maximum atomic E-state index is 15.4. The van der Waals surface area contributed by atoms with Crippen molar-refractivity contribution in [3.63, 3.8) is 0 Å². The van der Waals surface area contributed by atoms with E-state index in [4.69, 9.17) is 21.1 Å². The van der Waals surface area contributed by atoms with Crippen LogP contribution < -0.4 is 19.3 Å². The second kappa shape index (κ2) is 11.8. The van der Waals surface area contributed by atoms with Gasteiger partial charge in [-0.2, -0.15) is 13.2 Å². The minimum Gasteiger partial charge on any atom is -0.493 e. The predicted octanol–water partition coefficient (Wildman–Crippen LogP) is 6.10. The standard InChI is InChI=1S/C27H24ClF4N5O3/c1-36(12-16-4-6-19(28)7-5-16)22-11-18(27(30,31)32)10-20(25(22)37(2)15-38)17-8-21(29)26(23(9-17)39-3)40-13-24-33-14-34-35-24/h4-11,14-15H,12-13H2,1-3H3,(H,33,34,35). The topological polar surface area (TPSA) is 83.6 Å². The number of aromatic amines is 1. The van der Waals surface area contributed by atoms with Gasteiger partial charge in [0, 0.05) is 31.2 Å². The van der Waals surface area contributed by atoms with Gasteiger partial charge in [-0.1, -0.05) is 23.7 Å². The maximum absolute atomic E-state index is 15.4. The van der Waals surface area contributed by atoms with Crippen molar-refractivity contribution in [1.29, 1.82) is 0 Å². The third-order valence-corrected chi connectivity index (χ3v) is 6.29. The van der Waals surface area contributed by atoms with Crippen LogP contribution in [0.5, 0.6) is 11.5 Å². The van der Waals surface area contributed by atoms with Crippen LogP contribution in [0.15, 0.2) is 54.9 Å². The number of hydrogen-bond donors (Lipinski definition) is 1. The lowest BCUT2D eigenvalue weighted by Crippen LogP contribution is -2.24. The highest BCUT2D eigenvalue weighted by Crippen LogP contribution is 2.46. The minimum absolute atomic E-state index is 0.0392. The number of carbonyl (C=O) groups is 1. The van der Waals surface area contributed by atoms with Crippen molar-refractivity contribution in [3.05, 3.63) is 82.6 Å². The Balaban J connectivity index is 1.86. The van der Waals surface area contributed by atoms with E-state index in [-0.39, 0.29) is 47.2 Å². The van der Waals surface area contributed by atoms with Crippen molar-refractivity contribution in [2.24, 2.45) is 0 Å². The van der Waals surface area contributed by atoms with Crippen molar-refractivity contribution < 1.29 is 31.8 Å². The second-order valence-corrected chi connectivity index (χ2v) is 9.24. The van der Waals surface area contributed by atoms with Crippen LogP contribution in [0.1, 0.15) is 17.0 Å². The van der Waals surface area contributed by atoms with Gasteiger partial charge in [-0.05, 0) is 47.5 Å². The van der Waals surface area contributed by atoms with Crippen LogP contribution in [0.4, 0.5) is 28.9 Å². The Morgan fingerprint density at radius 1 is 1.10 bits per heavy atom. The molecule has 210 valence electrons. The number of carbonyl (C=O) groups excluding carboxylic acids is 1. The molecule has 1 N–H and O–H groups in total. The second-order valence-electron chi connectivity index (χ2n) is 8.80. The van der Waals surface area contributed by atoms with Crippen LogP contribution in [0.25, 0.3) is 11.1 Å².